The number of nitrogens with two attached hydrogens (primary N) is 1. The first-order valence-electron chi connectivity index (χ1n) is 4.02. The van der Waals surface area contributed by atoms with Crippen LogP contribution in [-0.2, 0) is 9.84 Å². The summed E-state index contributed by atoms with van der Waals surface area (Å²) in [6, 6.07) is 5.06. The molecule has 0 amide bonds. The van der Waals surface area contributed by atoms with Crippen molar-refractivity contribution in [3.8, 4) is 0 Å². The summed E-state index contributed by atoms with van der Waals surface area (Å²) in [5.74, 6) is 0.205. The van der Waals surface area contributed by atoms with Crippen LogP contribution in [0.25, 0.3) is 6.08 Å². The molecule has 1 heterocycles. The smallest absolute Gasteiger partial charge is 0.206 e. The average molecular weight is 227 g/mol. The third-order valence-corrected chi connectivity index (χ3v) is 4.68. The molecule has 74 valence electrons. The molecule has 0 saturated carbocycles. The average Bonchev–Trinajstić information content (AvgIpc) is 2.38. The third-order valence-electron chi connectivity index (χ3n) is 2.16. The summed E-state index contributed by atoms with van der Waals surface area (Å²) in [4.78, 5) is 0.540. The van der Waals surface area contributed by atoms with E-state index in [4.69, 9.17) is 5.73 Å². The van der Waals surface area contributed by atoms with Crippen molar-refractivity contribution in [2.75, 3.05) is 11.5 Å². The van der Waals surface area contributed by atoms with Crippen molar-refractivity contribution in [3.05, 3.63) is 28.7 Å². The van der Waals surface area contributed by atoms with Gasteiger partial charge in [-0.05, 0) is 17.7 Å². The molecule has 1 aliphatic rings. The van der Waals surface area contributed by atoms with Crippen LogP contribution in [-0.4, -0.2) is 14.2 Å². The van der Waals surface area contributed by atoms with E-state index < -0.39 is 9.84 Å². The maximum Gasteiger partial charge on any atom is 0.206 e. The Bertz CT molecular complexity index is 518. The van der Waals surface area contributed by atoms with Gasteiger partial charge in [0, 0.05) is 5.75 Å². The van der Waals surface area contributed by atoms with Crippen LogP contribution < -0.4 is 5.73 Å². The quantitative estimate of drug-likeness (QED) is 0.562. The van der Waals surface area contributed by atoms with Crippen LogP contribution in [0.4, 0.5) is 5.69 Å². The third kappa shape index (κ3) is 1.16. The topological polar surface area (TPSA) is 60.2 Å². The van der Waals surface area contributed by atoms with Gasteiger partial charge in [-0.25, -0.2) is 8.42 Å². The van der Waals surface area contributed by atoms with Crippen LogP contribution in [0.15, 0.2) is 28.0 Å². The van der Waals surface area contributed by atoms with Crippen LogP contribution in [0, 0.1) is 0 Å². The first-order valence-corrected chi connectivity index (χ1v) is 6.14. The predicted molar refractivity (Wildman–Crippen MR) is 59.9 cm³/mol. The molecule has 0 fully saturated rings. The second-order valence-electron chi connectivity index (χ2n) is 3.04. The van der Waals surface area contributed by atoms with Crippen LogP contribution in [0.2, 0.25) is 0 Å². The lowest BCUT2D eigenvalue weighted by Gasteiger charge is -2.03. The summed E-state index contributed by atoms with van der Waals surface area (Å²) in [6.45, 7) is 0. The summed E-state index contributed by atoms with van der Waals surface area (Å²) in [5, 5.41) is 0. The molecule has 2 rings (SSSR count). The number of thiol groups is 1. The number of anilines is 1. The fourth-order valence-corrected chi connectivity index (χ4v) is 3.64. The van der Waals surface area contributed by atoms with Gasteiger partial charge in [-0.15, -0.1) is 0 Å². The summed E-state index contributed by atoms with van der Waals surface area (Å²) >= 11 is 3.98. The second-order valence-corrected chi connectivity index (χ2v) is 5.29. The molecule has 0 spiro atoms. The van der Waals surface area contributed by atoms with Crippen molar-refractivity contribution in [2.45, 2.75) is 4.90 Å². The highest BCUT2D eigenvalue weighted by atomic mass is 32.2. The highest BCUT2D eigenvalue weighted by Gasteiger charge is 2.30. The molecule has 1 aromatic carbocycles. The minimum atomic E-state index is -3.37. The van der Waals surface area contributed by atoms with Crippen LogP contribution in [0.5, 0.6) is 0 Å². The van der Waals surface area contributed by atoms with E-state index >= 15 is 0 Å². The number of rotatable bonds is 1. The first-order chi connectivity index (χ1) is 6.57. The second kappa shape index (κ2) is 3.03. The molecule has 3 nitrogen and oxygen atoms in total. The summed E-state index contributed by atoms with van der Waals surface area (Å²) in [6.07, 6.45) is 1.62. The Morgan fingerprint density at radius 1 is 1.36 bits per heavy atom. The summed E-state index contributed by atoms with van der Waals surface area (Å²) in [7, 11) is -3.37. The van der Waals surface area contributed by atoms with E-state index in [9.17, 15) is 8.42 Å². The fourth-order valence-electron chi connectivity index (χ4n) is 1.51. The van der Waals surface area contributed by atoms with Gasteiger partial charge in [-0.3, -0.25) is 0 Å². The van der Waals surface area contributed by atoms with Gasteiger partial charge in [0.25, 0.3) is 0 Å². The first kappa shape index (κ1) is 9.61. The van der Waals surface area contributed by atoms with Gasteiger partial charge in [-0.2, -0.15) is 12.6 Å². The monoisotopic (exact) mass is 227 g/mol. The molecule has 0 aliphatic carbocycles. The Balaban J connectivity index is 2.78. The number of sulfone groups is 1. The molecular formula is C9H9NO2S2. The van der Waals surface area contributed by atoms with Crippen molar-refractivity contribution in [1.82, 2.24) is 0 Å². The molecule has 0 bridgehead atoms. The Morgan fingerprint density at radius 2 is 2.07 bits per heavy atom. The number of nitrogen functional groups attached to an aromatic ring is 1. The molecule has 14 heavy (non-hydrogen) atoms. The van der Waals surface area contributed by atoms with Crippen molar-refractivity contribution in [3.63, 3.8) is 0 Å². The Kier molecular flexibility index (Phi) is 2.08. The highest BCUT2D eigenvalue weighted by molar-refractivity contribution is 7.97. The summed E-state index contributed by atoms with van der Waals surface area (Å²) in [5.41, 5.74) is 6.59. The Hall–Kier alpha value is -0.940. The van der Waals surface area contributed by atoms with E-state index in [0.29, 0.717) is 16.2 Å². The van der Waals surface area contributed by atoms with Crippen LogP contribution in [0.3, 0.4) is 0 Å². The number of hydrogen-bond donors (Lipinski definition) is 2. The molecule has 1 aliphatic heterocycles. The van der Waals surface area contributed by atoms with Crippen LogP contribution >= 0.6 is 12.6 Å². The van der Waals surface area contributed by atoms with E-state index in [1.165, 1.54) is 0 Å². The Labute approximate surface area is 88.0 Å². The fraction of sp³-hybridized carbons (Fsp3) is 0.111. The van der Waals surface area contributed by atoms with Gasteiger partial charge >= 0.3 is 0 Å². The zero-order valence-electron chi connectivity index (χ0n) is 7.27. The van der Waals surface area contributed by atoms with E-state index in [1.807, 2.05) is 0 Å². The molecule has 1 aromatic rings. The molecule has 0 unspecified atom stereocenters. The molecule has 5 heteroatoms. The SMILES string of the molecule is Nc1cccc2c1S(=O)(=O)C(CS)=C2. The van der Waals surface area contributed by atoms with Crippen LogP contribution in [0.1, 0.15) is 5.56 Å². The van der Waals surface area contributed by atoms with Crippen molar-refractivity contribution < 1.29 is 8.42 Å². The van der Waals surface area contributed by atoms with E-state index in [0.717, 1.165) is 0 Å². The Morgan fingerprint density at radius 3 is 2.64 bits per heavy atom. The van der Waals surface area contributed by atoms with Gasteiger partial charge in [0.05, 0.1) is 10.6 Å². The van der Waals surface area contributed by atoms with Gasteiger partial charge in [0.15, 0.2) is 0 Å². The molecule has 0 radical (unpaired) electrons. The predicted octanol–water partition coefficient (Wildman–Crippen LogP) is 1.33. The molecule has 0 saturated heterocycles. The number of benzene rings is 1. The summed E-state index contributed by atoms with van der Waals surface area (Å²) < 4.78 is 23.7. The lowest BCUT2D eigenvalue weighted by atomic mass is 10.2. The zero-order chi connectivity index (χ0) is 10.3. The standard InChI is InChI=1S/C9H9NO2S2/c10-8-3-1-2-6-4-7(5-13)14(11,12)9(6)8/h1-4,13H,5,10H2. The molecular weight excluding hydrogens is 218 g/mol. The molecule has 0 aromatic heterocycles. The normalized spacial score (nSPS) is 17.6. The number of hydrogen-bond acceptors (Lipinski definition) is 4. The van der Waals surface area contributed by atoms with Gasteiger partial charge in [0.2, 0.25) is 9.84 Å². The van der Waals surface area contributed by atoms with Crippen molar-refractivity contribution in [1.29, 1.82) is 0 Å². The van der Waals surface area contributed by atoms with E-state index in [1.54, 1.807) is 24.3 Å². The van der Waals surface area contributed by atoms with Gasteiger partial charge < -0.3 is 5.73 Å². The maximum atomic E-state index is 11.8. The minimum Gasteiger partial charge on any atom is -0.398 e. The largest absolute Gasteiger partial charge is 0.398 e. The number of fused-ring (bicyclic) bond motifs is 1. The van der Waals surface area contributed by atoms with Gasteiger partial charge in [-0.1, -0.05) is 12.1 Å². The van der Waals surface area contributed by atoms with Gasteiger partial charge in [0.1, 0.15) is 4.90 Å². The lowest BCUT2D eigenvalue weighted by Crippen LogP contribution is -2.04. The minimum absolute atomic E-state index is 0.205. The molecule has 2 N–H and O–H groups in total. The highest BCUT2D eigenvalue weighted by Crippen LogP contribution is 2.36. The van der Waals surface area contributed by atoms with E-state index in [2.05, 4.69) is 12.6 Å². The van der Waals surface area contributed by atoms with Crippen molar-refractivity contribution >= 4 is 34.2 Å². The van der Waals surface area contributed by atoms with Crippen molar-refractivity contribution in [2.24, 2.45) is 0 Å². The molecule has 0 atom stereocenters. The maximum absolute atomic E-state index is 11.8. The van der Waals surface area contributed by atoms with E-state index in [-0.39, 0.29) is 10.6 Å². The lowest BCUT2D eigenvalue weighted by molar-refractivity contribution is 0.604. The zero-order valence-corrected chi connectivity index (χ0v) is 8.98.